The van der Waals surface area contributed by atoms with Crippen molar-refractivity contribution in [2.75, 3.05) is 13.2 Å². The van der Waals surface area contributed by atoms with Crippen LogP contribution in [0.4, 0.5) is 0 Å². The van der Waals surface area contributed by atoms with E-state index in [0.717, 1.165) is 12.8 Å². The van der Waals surface area contributed by atoms with Gasteiger partial charge in [-0.1, -0.05) is 13.8 Å². The van der Waals surface area contributed by atoms with Gasteiger partial charge in [0.1, 0.15) is 5.69 Å². The molecule has 0 amide bonds. The molecule has 5 heteroatoms. The minimum atomic E-state index is -0.528. The Balaban J connectivity index is 2.71. The standard InChI is InChI=1S/C12H17NO4/c1-3-7-16-11(14)9-5-6-13-10(9)12(15)17-8-4-2/h5-6,13H,3-4,7-8H2,1-2H3. The number of nitrogens with one attached hydrogen (secondary N) is 1. The Morgan fingerprint density at radius 3 is 2.29 bits per heavy atom. The fourth-order valence-electron chi connectivity index (χ4n) is 1.25. The van der Waals surface area contributed by atoms with Gasteiger partial charge >= 0.3 is 11.9 Å². The Morgan fingerprint density at radius 2 is 1.71 bits per heavy atom. The van der Waals surface area contributed by atoms with Gasteiger partial charge < -0.3 is 14.5 Å². The van der Waals surface area contributed by atoms with Crippen LogP contribution in [0.25, 0.3) is 0 Å². The van der Waals surface area contributed by atoms with Gasteiger partial charge in [-0.05, 0) is 18.9 Å². The zero-order valence-corrected chi connectivity index (χ0v) is 10.1. The maximum Gasteiger partial charge on any atom is 0.355 e. The summed E-state index contributed by atoms with van der Waals surface area (Å²) in [5.74, 6) is -1.03. The molecule has 0 aromatic carbocycles. The smallest absolute Gasteiger partial charge is 0.355 e. The van der Waals surface area contributed by atoms with E-state index in [1.165, 1.54) is 12.3 Å². The first-order valence-corrected chi connectivity index (χ1v) is 5.72. The maximum absolute atomic E-state index is 11.6. The lowest BCUT2D eigenvalue weighted by Crippen LogP contribution is -2.13. The lowest BCUT2D eigenvalue weighted by molar-refractivity contribution is 0.0454. The first-order valence-electron chi connectivity index (χ1n) is 5.72. The molecule has 0 aliphatic rings. The molecule has 1 aromatic rings. The highest BCUT2D eigenvalue weighted by Gasteiger charge is 2.20. The van der Waals surface area contributed by atoms with Crippen molar-refractivity contribution in [2.24, 2.45) is 0 Å². The van der Waals surface area contributed by atoms with E-state index < -0.39 is 11.9 Å². The number of hydrogen-bond acceptors (Lipinski definition) is 4. The molecule has 0 unspecified atom stereocenters. The van der Waals surface area contributed by atoms with Crippen LogP contribution in [-0.4, -0.2) is 30.1 Å². The van der Waals surface area contributed by atoms with Crippen molar-refractivity contribution in [3.63, 3.8) is 0 Å². The summed E-state index contributed by atoms with van der Waals surface area (Å²) in [6.45, 7) is 4.48. The molecule has 0 fully saturated rings. The number of ether oxygens (including phenoxy) is 2. The Kier molecular flexibility index (Phi) is 5.26. The summed E-state index contributed by atoms with van der Waals surface area (Å²) in [5.41, 5.74) is 0.374. The van der Waals surface area contributed by atoms with Crippen molar-refractivity contribution < 1.29 is 19.1 Å². The molecular weight excluding hydrogens is 222 g/mol. The summed E-state index contributed by atoms with van der Waals surface area (Å²) in [5, 5.41) is 0. The average Bonchev–Trinajstić information content (AvgIpc) is 2.82. The third-order valence-electron chi connectivity index (χ3n) is 2.05. The quantitative estimate of drug-likeness (QED) is 0.772. The first kappa shape index (κ1) is 13.3. The molecule has 1 rings (SSSR count). The van der Waals surface area contributed by atoms with Crippen molar-refractivity contribution in [1.82, 2.24) is 4.98 Å². The van der Waals surface area contributed by atoms with Crippen LogP contribution in [0.3, 0.4) is 0 Å². The predicted molar refractivity (Wildman–Crippen MR) is 61.9 cm³/mol. The minimum Gasteiger partial charge on any atom is -0.462 e. The molecule has 0 aliphatic carbocycles. The van der Waals surface area contributed by atoms with Crippen molar-refractivity contribution in [1.29, 1.82) is 0 Å². The molecule has 0 atom stereocenters. The second-order valence-corrected chi connectivity index (χ2v) is 3.54. The minimum absolute atomic E-state index is 0.152. The lowest BCUT2D eigenvalue weighted by Gasteiger charge is -2.05. The number of rotatable bonds is 6. The number of aromatic nitrogens is 1. The first-order chi connectivity index (χ1) is 8.20. The SMILES string of the molecule is CCCOC(=O)c1cc[nH]c1C(=O)OCCC. The van der Waals surface area contributed by atoms with E-state index in [1.54, 1.807) is 0 Å². The molecule has 5 nitrogen and oxygen atoms in total. The Hall–Kier alpha value is -1.78. The molecular formula is C12H17NO4. The van der Waals surface area contributed by atoms with Crippen LogP contribution in [-0.2, 0) is 9.47 Å². The Labute approximate surface area is 100 Å². The normalized spacial score (nSPS) is 10.0. The average molecular weight is 239 g/mol. The van der Waals surface area contributed by atoms with Crippen LogP contribution in [0.15, 0.2) is 12.3 Å². The molecule has 0 aliphatic heterocycles. The topological polar surface area (TPSA) is 68.4 Å². The maximum atomic E-state index is 11.6. The molecule has 0 saturated carbocycles. The largest absolute Gasteiger partial charge is 0.462 e. The van der Waals surface area contributed by atoms with Crippen LogP contribution in [0.2, 0.25) is 0 Å². The van der Waals surface area contributed by atoms with E-state index in [9.17, 15) is 9.59 Å². The number of aromatic amines is 1. The number of H-pyrrole nitrogens is 1. The summed E-state index contributed by atoms with van der Waals surface area (Å²) >= 11 is 0. The van der Waals surface area contributed by atoms with Crippen LogP contribution in [0.1, 0.15) is 47.5 Å². The van der Waals surface area contributed by atoms with Crippen LogP contribution < -0.4 is 0 Å². The van der Waals surface area contributed by atoms with Crippen molar-refractivity contribution in [3.05, 3.63) is 23.5 Å². The van der Waals surface area contributed by atoms with Gasteiger partial charge in [-0.15, -0.1) is 0 Å². The fraction of sp³-hybridized carbons (Fsp3) is 0.500. The van der Waals surface area contributed by atoms with Gasteiger partial charge in [-0.2, -0.15) is 0 Å². The summed E-state index contributed by atoms with van der Waals surface area (Å²) in [6.07, 6.45) is 3.00. The summed E-state index contributed by atoms with van der Waals surface area (Å²) in [7, 11) is 0. The van der Waals surface area contributed by atoms with E-state index in [4.69, 9.17) is 9.47 Å². The second-order valence-electron chi connectivity index (χ2n) is 3.54. The second kappa shape index (κ2) is 6.73. The summed E-state index contributed by atoms with van der Waals surface area (Å²) in [4.78, 5) is 25.9. The van der Waals surface area contributed by atoms with Gasteiger partial charge in [0, 0.05) is 6.20 Å². The van der Waals surface area contributed by atoms with E-state index in [2.05, 4.69) is 4.98 Å². The Bertz CT molecular complexity index is 349. The van der Waals surface area contributed by atoms with Gasteiger partial charge in [-0.3, -0.25) is 0 Å². The molecule has 17 heavy (non-hydrogen) atoms. The van der Waals surface area contributed by atoms with Gasteiger partial charge in [0.2, 0.25) is 0 Å². The van der Waals surface area contributed by atoms with Crippen molar-refractivity contribution in [2.45, 2.75) is 26.7 Å². The molecule has 94 valence electrons. The van der Waals surface area contributed by atoms with Crippen LogP contribution >= 0.6 is 0 Å². The van der Waals surface area contributed by atoms with E-state index in [0.29, 0.717) is 13.2 Å². The highest BCUT2D eigenvalue weighted by atomic mass is 16.5. The third-order valence-corrected chi connectivity index (χ3v) is 2.05. The molecule has 0 bridgehead atoms. The molecule has 1 heterocycles. The molecule has 0 saturated heterocycles. The lowest BCUT2D eigenvalue weighted by atomic mass is 10.2. The summed E-state index contributed by atoms with van der Waals surface area (Å²) in [6, 6.07) is 1.51. The van der Waals surface area contributed by atoms with Crippen molar-refractivity contribution >= 4 is 11.9 Å². The third kappa shape index (κ3) is 3.62. The zero-order chi connectivity index (χ0) is 12.7. The van der Waals surface area contributed by atoms with Gasteiger partial charge in [-0.25, -0.2) is 9.59 Å². The van der Waals surface area contributed by atoms with Gasteiger partial charge in [0.05, 0.1) is 18.8 Å². The highest BCUT2D eigenvalue weighted by Crippen LogP contribution is 2.10. The fourth-order valence-corrected chi connectivity index (χ4v) is 1.25. The zero-order valence-electron chi connectivity index (χ0n) is 10.1. The molecule has 1 aromatic heterocycles. The number of carbonyl (C=O) groups is 2. The van der Waals surface area contributed by atoms with Gasteiger partial charge in [0.25, 0.3) is 0 Å². The van der Waals surface area contributed by atoms with E-state index >= 15 is 0 Å². The van der Waals surface area contributed by atoms with Crippen LogP contribution in [0.5, 0.6) is 0 Å². The Morgan fingerprint density at radius 1 is 1.12 bits per heavy atom. The number of hydrogen-bond donors (Lipinski definition) is 1. The van der Waals surface area contributed by atoms with E-state index in [1.807, 2.05) is 13.8 Å². The molecule has 0 spiro atoms. The van der Waals surface area contributed by atoms with Gasteiger partial charge in [0.15, 0.2) is 0 Å². The predicted octanol–water partition coefficient (Wildman–Crippen LogP) is 2.15. The van der Waals surface area contributed by atoms with Crippen LogP contribution in [0, 0.1) is 0 Å². The number of esters is 2. The molecule has 1 N–H and O–H groups in total. The molecule has 0 radical (unpaired) electrons. The number of carbonyl (C=O) groups excluding carboxylic acids is 2. The summed E-state index contributed by atoms with van der Waals surface area (Å²) < 4.78 is 9.92. The highest BCUT2D eigenvalue weighted by molar-refractivity contribution is 6.01. The van der Waals surface area contributed by atoms with E-state index in [-0.39, 0.29) is 11.3 Å². The monoisotopic (exact) mass is 239 g/mol. The van der Waals surface area contributed by atoms with Crippen molar-refractivity contribution in [3.8, 4) is 0 Å².